The number of carbonyl (C=O) groups is 3. The Morgan fingerprint density at radius 3 is 2.37 bits per heavy atom. The summed E-state index contributed by atoms with van der Waals surface area (Å²) in [7, 11) is 1.21. The summed E-state index contributed by atoms with van der Waals surface area (Å²) in [5.74, 6) is -2.22. The van der Waals surface area contributed by atoms with Gasteiger partial charge in [-0.2, -0.15) is 0 Å². The van der Waals surface area contributed by atoms with Crippen LogP contribution in [0.1, 0.15) is 40.3 Å². The van der Waals surface area contributed by atoms with Gasteiger partial charge < -0.3 is 18.6 Å². The Labute approximate surface area is 164 Å². The summed E-state index contributed by atoms with van der Waals surface area (Å²) in [6.07, 6.45) is -0.329. The molecule has 0 aliphatic carbocycles. The SMILES string of the molecule is CCOC(=O)Cc1c(C(=O)OCC)oc(-c2cccc(Br)c2)c1C(=O)OC. The highest BCUT2D eigenvalue weighted by Gasteiger charge is 2.32. The highest BCUT2D eigenvalue weighted by Crippen LogP contribution is 2.34. The first kappa shape index (κ1) is 20.7. The summed E-state index contributed by atoms with van der Waals surface area (Å²) in [5.41, 5.74) is 0.603. The Hall–Kier alpha value is -2.61. The lowest BCUT2D eigenvalue weighted by Crippen LogP contribution is -2.15. The standard InChI is InChI=1S/C19H19BrO7/c1-4-25-14(21)10-13-15(18(22)24-3)16(11-7-6-8-12(20)9-11)27-17(13)19(23)26-5-2/h6-9H,4-5,10H2,1-3H3. The minimum atomic E-state index is -0.775. The molecule has 0 saturated heterocycles. The molecule has 0 amide bonds. The second-order valence-corrected chi connectivity index (χ2v) is 6.23. The zero-order valence-corrected chi connectivity index (χ0v) is 16.8. The molecule has 0 radical (unpaired) electrons. The normalized spacial score (nSPS) is 10.4. The lowest BCUT2D eigenvalue weighted by Gasteiger charge is -2.06. The van der Waals surface area contributed by atoms with E-state index in [9.17, 15) is 14.4 Å². The zero-order valence-electron chi connectivity index (χ0n) is 15.2. The fourth-order valence-electron chi connectivity index (χ4n) is 2.50. The maximum Gasteiger partial charge on any atom is 0.374 e. The summed E-state index contributed by atoms with van der Waals surface area (Å²) in [6.45, 7) is 3.57. The summed E-state index contributed by atoms with van der Waals surface area (Å²) in [6, 6.07) is 6.97. The van der Waals surface area contributed by atoms with E-state index in [0.717, 1.165) is 4.47 Å². The van der Waals surface area contributed by atoms with Crippen LogP contribution in [0.2, 0.25) is 0 Å². The van der Waals surface area contributed by atoms with Gasteiger partial charge in [0.05, 0.1) is 26.7 Å². The van der Waals surface area contributed by atoms with Crippen LogP contribution in [0, 0.1) is 0 Å². The lowest BCUT2D eigenvalue weighted by molar-refractivity contribution is -0.142. The predicted octanol–water partition coefficient (Wildman–Crippen LogP) is 3.78. The maximum atomic E-state index is 12.4. The van der Waals surface area contributed by atoms with Crippen molar-refractivity contribution in [2.75, 3.05) is 20.3 Å². The second-order valence-electron chi connectivity index (χ2n) is 5.32. The molecule has 2 rings (SSSR count). The zero-order chi connectivity index (χ0) is 20.0. The van der Waals surface area contributed by atoms with Crippen molar-refractivity contribution in [2.24, 2.45) is 0 Å². The lowest BCUT2D eigenvalue weighted by atomic mass is 10.0. The Bertz CT molecular complexity index is 854. The Kier molecular flexibility index (Phi) is 7.18. The van der Waals surface area contributed by atoms with E-state index < -0.39 is 17.9 Å². The third-order valence-corrected chi connectivity index (χ3v) is 4.06. The van der Waals surface area contributed by atoms with Crippen LogP contribution in [0.3, 0.4) is 0 Å². The van der Waals surface area contributed by atoms with Crippen molar-refractivity contribution < 1.29 is 33.0 Å². The van der Waals surface area contributed by atoms with Crippen LogP contribution in [0.5, 0.6) is 0 Å². The van der Waals surface area contributed by atoms with Gasteiger partial charge in [-0.05, 0) is 26.0 Å². The number of esters is 3. The molecular weight excluding hydrogens is 420 g/mol. The van der Waals surface area contributed by atoms with E-state index in [1.54, 1.807) is 38.1 Å². The highest BCUT2D eigenvalue weighted by molar-refractivity contribution is 9.10. The smallest absolute Gasteiger partial charge is 0.374 e. The van der Waals surface area contributed by atoms with Crippen LogP contribution >= 0.6 is 15.9 Å². The molecule has 0 fully saturated rings. The van der Waals surface area contributed by atoms with E-state index in [0.29, 0.717) is 5.56 Å². The number of furan rings is 1. The van der Waals surface area contributed by atoms with Gasteiger partial charge in [0.25, 0.3) is 0 Å². The van der Waals surface area contributed by atoms with Crippen molar-refractivity contribution >= 4 is 33.8 Å². The van der Waals surface area contributed by atoms with Gasteiger partial charge >= 0.3 is 17.9 Å². The van der Waals surface area contributed by atoms with Gasteiger partial charge in [0.15, 0.2) is 0 Å². The number of halogens is 1. The first-order valence-electron chi connectivity index (χ1n) is 8.25. The number of carbonyl (C=O) groups excluding carboxylic acids is 3. The van der Waals surface area contributed by atoms with Crippen molar-refractivity contribution in [1.29, 1.82) is 0 Å². The van der Waals surface area contributed by atoms with E-state index in [1.165, 1.54) is 7.11 Å². The van der Waals surface area contributed by atoms with Gasteiger partial charge in [-0.15, -0.1) is 0 Å². The fourth-order valence-corrected chi connectivity index (χ4v) is 2.90. The molecule has 27 heavy (non-hydrogen) atoms. The van der Waals surface area contributed by atoms with Crippen LogP contribution in [-0.2, 0) is 25.4 Å². The van der Waals surface area contributed by atoms with Gasteiger partial charge in [-0.3, -0.25) is 4.79 Å². The molecule has 0 N–H and O–H groups in total. The minimum absolute atomic E-state index is 0.00768. The predicted molar refractivity (Wildman–Crippen MR) is 99.5 cm³/mol. The Morgan fingerprint density at radius 2 is 1.78 bits per heavy atom. The topological polar surface area (TPSA) is 92.0 Å². The van der Waals surface area contributed by atoms with Crippen molar-refractivity contribution in [3.8, 4) is 11.3 Å². The van der Waals surface area contributed by atoms with Gasteiger partial charge in [0.1, 0.15) is 11.3 Å². The molecule has 1 aromatic heterocycles. The van der Waals surface area contributed by atoms with E-state index >= 15 is 0 Å². The molecule has 0 unspecified atom stereocenters. The molecule has 0 atom stereocenters. The fraction of sp³-hybridized carbons (Fsp3) is 0.316. The molecule has 2 aromatic rings. The molecule has 0 bridgehead atoms. The largest absolute Gasteiger partial charge is 0.466 e. The van der Waals surface area contributed by atoms with Crippen molar-refractivity contribution in [1.82, 2.24) is 0 Å². The number of methoxy groups -OCH3 is 1. The monoisotopic (exact) mass is 438 g/mol. The molecule has 144 valence electrons. The second kappa shape index (κ2) is 9.36. The van der Waals surface area contributed by atoms with Gasteiger partial charge in [0.2, 0.25) is 5.76 Å². The number of rotatable bonds is 7. The summed E-state index contributed by atoms with van der Waals surface area (Å²) < 4.78 is 21.3. The van der Waals surface area contributed by atoms with Crippen LogP contribution in [0.25, 0.3) is 11.3 Å². The van der Waals surface area contributed by atoms with Gasteiger partial charge in [-0.1, -0.05) is 28.1 Å². The molecule has 0 aliphatic rings. The molecule has 7 nitrogen and oxygen atoms in total. The maximum absolute atomic E-state index is 12.4. The molecule has 0 spiro atoms. The van der Waals surface area contributed by atoms with Gasteiger partial charge in [-0.25, -0.2) is 9.59 Å². The number of ether oxygens (including phenoxy) is 3. The van der Waals surface area contributed by atoms with E-state index in [2.05, 4.69) is 15.9 Å². The average molecular weight is 439 g/mol. The van der Waals surface area contributed by atoms with Crippen molar-refractivity contribution in [3.63, 3.8) is 0 Å². The molecular formula is C19H19BrO7. The third kappa shape index (κ3) is 4.77. The number of benzene rings is 1. The van der Waals surface area contributed by atoms with Crippen LogP contribution < -0.4 is 0 Å². The van der Waals surface area contributed by atoms with E-state index in [4.69, 9.17) is 18.6 Å². The molecule has 0 saturated carbocycles. The average Bonchev–Trinajstić information content (AvgIpc) is 3.00. The summed E-state index contributed by atoms with van der Waals surface area (Å²) in [4.78, 5) is 36.8. The van der Waals surface area contributed by atoms with Crippen LogP contribution in [-0.4, -0.2) is 38.2 Å². The Morgan fingerprint density at radius 1 is 1.07 bits per heavy atom. The van der Waals surface area contributed by atoms with Crippen molar-refractivity contribution in [2.45, 2.75) is 20.3 Å². The van der Waals surface area contributed by atoms with E-state index in [-0.39, 0.29) is 42.3 Å². The first-order valence-corrected chi connectivity index (χ1v) is 9.04. The van der Waals surface area contributed by atoms with E-state index in [1.807, 2.05) is 0 Å². The van der Waals surface area contributed by atoms with Gasteiger partial charge in [0, 0.05) is 15.6 Å². The number of hydrogen-bond donors (Lipinski definition) is 0. The molecule has 8 heteroatoms. The number of hydrogen-bond acceptors (Lipinski definition) is 7. The first-order chi connectivity index (χ1) is 12.9. The van der Waals surface area contributed by atoms with Crippen LogP contribution in [0.15, 0.2) is 33.2 Å². The third-order valence-electron chi connectivity index (χ3n) is 3.57. The molecule has 1 heterocycles. The minimum Gasteiger partial charge on any atom is -0.466 e. The Balaban J connectivity index is 2.70. The van der Waals surface area contributed by atoms with Crippen LogP contribution in [0.4, 0.5) is 0 Å². The van der Waals surface area contributed by atoms with Crippen molar-refractivity contribution in [3.05, 3.63) is 45.6 Å². The highest BCUT2D eigenvalue weighted by atomic mass is 79.9. The summed E-state index contributed by atoms with van der Waals surface area (Å²) >= 11 is 3.35. The molecule has 0 aliphatic heterocycles. The quantitative estimate of drug-likeness (QED) is 0.479. The summed E-state index contributed by atoms with van der Waals surface area (Å²) in [5, 5.41) is 0. The molecule has 1 aromatic carbocycles.